The van der Waals surface area contributed by atoms with Gasteiger partial charge in [-0.3, -0.25) is 0 Å². The molecule has 1 atom stereocenters. The van der Waals surface area contributed by atoms with Gasteiger partial charge in [0.25, 0.3) is 0 Å². The molecule has 1 aromatic rings. The Balaban J connectivity index is 2.81. The molecule has 15 heavy (non-hydrogen) atoms. The van der Waals surface area contributed by atoms with Crippen molar-refractivity contribution in [3.05, 3.63) is 35.9 Å². The maximum atomic E-state index is 11.4. The van der Waals surface area contributed by atoms with E-state index in [1.54, 1.807) is 12.1 Å². The third-order valence-electron chi connectivity index (χ3n) is 1.98. The van der Waals surface area contributed by atoms with E-state index in [4.69, 9.17) is 0 Å². The van der Waals surface area contributed by atoms with Crippen LogP contribution in [0.5, 0.6) is 0 Å². The average Bonchev–Trinajstić information content (AvgIpc) is 2.30. The van der Waals surface area contributed by atoms with Gasteiger partial charge >= 0.3 is 88.2 Å². The molecule has 0 aliphatic rings. The second-order valence-corrected chi connectivity index (χ2v) is 2.94. The molecular formula is C10H12BNO3. The summed E-state index contributed by atoms with van der Waals surface area (Å²) in [6.07, 6.45) is 0.120. The second kappa shape index (κ2) is 6.08. The third-order valence-corrected chi connectivity index (χ3v) is 1.98. The predicted octanol–water partition coefficient (Wildman–Crippen LogP) is 0.497. The molecule has 0 spiro atoms. The molecule has 0 heterocycles. The number of esters is 1. The van der Waals surface area contributed by atoms with Crippen molar-refractivity contribution >= 4 is 13.1 Å². The molecule has 0 bridgehead atoms. The molecule has 1 N–H and O–H groups in total. The molecule has 0 saturated carbocycles. The van der Waals surface area contributed by atoms with Crippen molar-refractivity contribution in [1.29, 1.82) is 0 Å². The van der Waals surface area contributed by atoms with Crippen molar-refractivity contribution in [2.45, 2.75) is 6.04 Å². The third kappa shape index (κ3) is 3.29. The zero-order valence-electron chi connectivity index (χ0n) is 8.47. The van der Waals surface area contributed by atoms with Crippen molar-refractivity contribution in [3.8, 4) is 0 Å². The molecule has 0 aliphatic heterocycles. The van der Waals surface area contributed by atoms with Gasteiger partial charge in [0.05, 0.1) is 0 Å². The number of benzene rings is 1. The van der Waals surface area contributed by atoms with Gasteiger partial charge < -0.3 is 0 Å². The Kier molecular flexibility index (Phi) is 4.70. The van der Waals surface area contributed by atoms with Crippen molar-refractivity contribution in [2.75, 3.05) is 13.6 Å². The van der Waals surface area contributed by atoms with Crippen LogP contribution in [0.25, 0.3) is 0 Å². The minimum absolute atomic E-state index is 0.120. The van der Waals surface area contributed by atoms with Crippen LogP contribution in [-0.2, 0) is 14.2 Å². The number of carbonyl (C=O) groups excluding carboxylic acids is 1. The maximum absolute atomic E-state index is 11.4. The van der Waals surface area contributed by atoms with Gasteiger partial charge in [0.2, 0.25) is 0 Å². The minimum atomic E-state index is -0.582. The normalized spacial score (nSPS) is 11.5. The van der Waals surface area contributed by atoms with E-state index < -0.39 is 12.0 Å². The average molecular weight is 205 g/mol. The molecule has 0 amide bonds. The molecule has 1 rings (SSSR count). The van der Waals surface area contributed by atoms with E-state index in [0.717, 1.165) is 5.56 Å². The fourth-order valence-corrected chi connectivity index (χ4v) is 1.27. The SMILES string of the molecule is COC(=O)C(NCB=O)c1ccccc1. The monoisotopic (exact) mass is 205 g/mol. The van der Waals surface area contributed by atoms with Crippen LogP contribution in [0.4, 0.5) is 0 Å². The van der Waals surface area contributed by atoms with E-state index >= 15 is 0 Å². The predicted molar refractivity (Wildman–Crippen MR) is 55.6 cm³/mol. The number of ether oxygens (including phenoxy) is 1. The van der Waals surface area contributed by atoms with Gasteiger partial charge in [0, 0.05) is 0 Å². The Bertz CT molecular complexity index is 329. The van der Waals surface area contributed by atoms with Gasteiger partial charge in [-0.05, 0) is 0 Å². The number of rotatable bonds is 5. The summed E-state index contributed by atoms with van der Waals surface area (Å²) < 4.78 is 14.9. The summed E-state index contributed by atoms with van der Waals surface area (Å²) in [5, 5.41) is 2.79. The van der Waals surface area contributed by atoms with Crippen molar-refractivity contribution in [1.82, 2.24) is 5.32 Å². The van der Waals surface area contributed by atoms with Gasteiger partial charge in [-0.15, -0.1) is 0 Å². The molecule has 5 heteroatoms. The van der Waals surface area contributed by atoms with Crippen molar-refractivity contribution < 1.29 is 14.2 Å². The number of methoxy groups -OCH3 is 1. The molecule has 0 aromatic heterocycles. The first kappa shape index (κ1) is 11.6. The Morgan fingerprint density at radius 2 is 2.13 bits per heavy atom. The van der Waals surface area contributed by atoms with Crippen LogP contribution in [0.3, 0.4) is 0 Å². The summed E-state index contributed by atoms with van der Waals surface area (Å²) in [5.41, 5.74) is 0.784. The van der Waals surface area contributed by atoms with Crippen LogP contribution >= 0.6 is 0 Å². The van der Waals surface area contributed by atoms with E-state index in [1.165, 1.54) is 7.11 Å². The standard InChI is InChI=1S/C10H12BNO3/c1-15-10(13)9(12-7-11-14)8-5-3-2-4-6-8/h2-6,9,12H,7H2,1H3. The van der Waals surface area contributed by atoms with Gasteiger partial charge in [-0.1, -0.05) is 0 Å². The van der Waals surface area contributed by atoms with Gasteiger partial charge in [-0.25, -0.2) is 0 Å². The van der Waals surface area contributed by atoms with E-state index in [1.807, 2.05) is 18.2 Å². The molecule has 0 aliphatic carbocycles. The fourth-order valence-electron chi connectivity index (χ4n) is 1.27. The molecule has 1 unspecified atom stereocenters. The summed E-state index contributed by atoms with van der Waals surface area (Å²) in [4.78, 5) is 11.4. The van der Waals surface area contributed by atoms with E-state index in [9.17, 15) is 9.50 Å². The molecule has 0 fully saturated rings. The van der Waals surface area contributed by atoms with Gasteiger partial charge in [0.15, 0.2) is 0 Å². The number of hydrogen-bond donors (Lipinski definition) is 1. The number of nitrogens with one attached hydrogen (secondary N) is 1. The van der Waals surface area contributed by atoms with Crippen LogP contribution in [-0.4, -0.2) is 26.7 Å². The summed E-state index contributed by atoms with van der Waals surface area (Å²) in [6, 6.07) is 8.54. The van der Waals surface area contributed by atoms with E-state index in [2.05, 4.69) is 10.1 Å². The van der Waals surface area contributed by atoms with Crippen LogP contribution in [0.2, 0.25) is 0 Å². The fraction of sp³-hybridized carbons (Fsp3) is 0.300. The first-order chi connectivity index (χ1) is 7.29. The van der Waals surface area contributed by atoms with Crippen LogP contribution < -0.4 is 5.32 Å². The van der Waals surface area contributed by atoms with Crippen LogP contribution in [0.1, 0.15) is 11.6 Å². The van der Waals surface area contributed by atoms with Crippen LogP contribution in [0, 0.1) is 0 Å². The van der Waals surface area contributed by atoms with E-state index in [-0.39, 0.29) is 6.44 Å². The molecule has 1 aromatic carbocycles. The summed E-state index contributed by atoms with van der Waals surface area (Å²) in [7, 11) is 2.03. The molecule has 78 valence electrons. The zero-order valence-corrected chi connectivity index (χ0v) is 8.47. The Morgan fingerprint density at radius 1 is 1.47 bits per heavy atom. The Hall–Kier alpha value is -1.49. The molecular weight excluding hydrogens is 193 g/mol. The number of carbonyl (C=O) groups is 1. The summed E-state index contributed by atoms with van der Waals surface area (Å²) in [6.45, 7) is 0. The van der Waals surface area contributed by atoms with Gasteiger partial charge in [0.1, 0.15) is 0 Å². The Morgan fingerprint density at radius 3 is 2.67 bits per heavy atom. The topological polar surface area (TPSA) is 55.4 Å². The number of hydrogen-bond acceptors (Lipinski definition) is 4. The summed E-state index contributed by atoms with van der Waals surface area (Å²) >= 11 is 0. The van der Waals surface area contributed by atoms with E-state index in [0.29, 0.717) is 7.15 Å². The van der Waals surface area contributed by atoms with Gasteiger partial charge in [-0.2, -0.15) is 0 Å². The first-order valence-corrected chi connectivity index (χ1v) is 4.59. The molecule has 4 nitrogen and oxygen atoms in total. The first-order valence-electron chi connectivity index (χ1n) is 4.59. The van der Waals surface area contributed by atoms with Crippen molar-refractivity contribution in [3.63, 3.8) is 0 Å². The Labute approximate surface area is 88.9 Å². The quantitative estimate of drug-likeness (QED) is 0.561. The molecule has 0 saturated heterocycles. The van der Waals surface area contributed by atoms with Crippen molar-refractivity contribution in [2.24, 2.45) is 0 Å². The zero-order chi connectivity index (χ0) is 11.1. The second-order valence-electron chi connectivity index (χ2n) is 2.94. The van der Waals surface area contributed by atoms with Crippen LogP contribution in [0.15, 0.2) is 30.3 Å². The molecule has 0 radical (unpaired) electrons. The summed E-state index contributed by atoms with van der Waals surface area (Å²) in [5.74, 6) is -0.400.